The van der Waals surface area contributed by atoms with Gasteiger partial charge in [-0.05, 0) is 42.5 Å². The number of hydrogen-bond donors (Lipinski definition) is 1. The highest BCUT2D eigenvalue weighted by molar-refractivity contribution is 6.30. The van der Waals surface area contributed by atoms with E-state index in [2.05, 4.69) is 28.6 Å². The molecule has 1 unspecified atom stereocenters. The van der Waals surface area contributed by atoms with Crippen LogP contribution >= 0.6 is 11.6 Å². The highest BCUT2D eigenvalue weighted by Gasteiger charge is 2.31. The Hall–Kier alpha value is -1.32. The van der Waals surface area contributed by atoms with Crippen molar-refractivity contribution in [3.05, 3.63) is 52.8 Å². The summed E-state index contributed by atoms with van der Waals surface area (Å²) in [5.74, 6) is 0.780. The van der Waals surface area contributed by atoms with E-state index in [1.807, 2.05) is 30.1 Å². The van der Waals surface area contributed by atoms with Gasteiger partial charge in [0.05, 0.1) is 0 Å². The topological polar surface area (TPSA) is 29.9 Å². The van der Waals surface area contributed by atoms with Gasteiger partial charge >= 0.3 is 0 Å². The molecule has 0 radical (unpaired) electrons. The molecule has 1 saturated carbocycles. The molecule has 106 valence electrons. The van der Waals surface area contributed by atoms with Crippen LogP contribution in [0.1, 0.15) is 30.1 Å². The summed E-state index contributed by atoms with van der Waals surface area (Å²) in [5, 5.41) is 8.71. The normalized spacial score (nSPS) is 16.3. The lowest BCUT2D eigenvalue weighted by Gasteiger charge is -2.19. The number of halogens is 1. The predicted octanol–water partition coefficient (Wildman–Crippen LogP) is 3.36. The zero-order chi connectivity index (χ0) is 13.9. The van der Waals surface area contributed by atoms with Crippen molar-refractivity contribution in [2.24, 2.45) is 13.0 Å². The van der Waals surface area contributed by atoms with Crippen molar-refractivity contribution < 1.29 is 0 Å². The minimum atomic E-state index is 0.459. The molecule has 0 bridgehead atoms. The predicted molar refractivity (Wildman–Crippen MR) is 81.8 cm³/mol. The minimum Gasteiger partial charge on any atom is -0.309 e. The highest BCUT2D eigenvalue weighted by Crippen LogP contribution is 2.41. The lowest BCUT2D eigenvalue weighted by Crippen LogP contribution is -2.25. The number of nitrogens with zero attached hydrogens (tertiary/aromatic N) is 2. The molecule has 1 aromatic heterocycles. The van der Waals surface area contributed by atoms with Gasteiger partial charge in [0.15, 0.2) is 0 Å². The number of aryl methyl sites for hydroxylation is 1. The Kier molecular flexibility index (Phi) is 4.08. The van der Waals surface area contributed by atoms with Gasteiger partial charge in [0.1, 0.15) is 0 Å². The summed E-state index contributed by atoms with van der Waals surface area (Å²) in [4.78, 5) is 0. The lowest BCUT2D eigenvalue weighted by atomic mass is 10.0. The van der Waals surface area contributed by atoms with Crippen LogP contribution in [0.2, 0.25) is 5.02 Å². The smallest absolute Gasteiger partial charge is 0.0492 e. The van der Waals surface area contributed by atoms with Gasteiger partial charge in [-0.15, -0.1) is 0 Å². The molecule has 1 aromatic carbocycles. The standard InChI is InChI=1S/C16H20ClN3/c1-20-15(9-11-19-20)8-10-18-16(12-2-3-12)13-4-6-14(17)7-5-13/h4-7,9,11-12,16,18H,2-3,8,10H2,1H3. The van der Waals surface area contributed by atoms with E-state index in [-0.39, 0.29) is 0 Å². The van der Waals surface area contributed by atoms with Crippen molar-refractivity contribution in [2.45, 2.75) is 25.3 Å². The third-order valence-corrected chi connectivity index (χ3v) is 4.24. The third kappa shape index (κ3) is 3.22. The molecule has 4 heteroatoms. The Bertz CT molecular complexity index is 557. The van der Waals surface area contributed by atoms with Crippen LogP contribution in [0.3, 0.4) is 0 Å². The summed E-state index contributed by atoms with van der Waals surface area (Å²) in [7, 11) is 1.99. The second kappa shape index (κ2) is 5.98. The van der Waals surface area contributed by atoms with Crippen molar-refractivity contribution >= 4 is 11.6 Å². The first kappa shape index (κ1) is 13.7. The van der Waals surface area contributed by atoms with Gasteiger partial charge in [-0.1, -0.05) is 23.7 Å². The molecule has 1 fully saturated rings. The molecular weight excluding hydrogens is 270 g/mol. The fourth-order valence-corrected chi connectivity index (χ4v) is 2.78. The van der Waals surface area contributed by atoms with Crippen LogP contribution in [0.25, 0.3) is 0 Å². The summed E-state index contributed by atoms with van der Waals surface area (Å²) < 4.78 is 1.94. The maximum atomic E-state index is 5.97. The van der Waals surface area contributed by atoms with Gasteiger partial charge in [-0.3, -0.25) is 4.68 Å². The summed E-state index contributed by atoms with van der Waals surface area (Å²) >= 11 is 5.97. The van der Waals surface area contributed by atoms with E-state index in [0.717, 1.165) is 23.9 Å². The summed E-state index contributed by atoms with van der Waals surface area (Å²) in [6.07, 6.45) is 5.51. The molecule has 1 atom stereocenters. The van der Waals surface area contributed by atoms with Crippen molar-refractivity contribution in [3.63, 3.8) is 0 Å². The Morgan fingerprint density at radius 3 is 2.65 bits per heavy atom. The van der Waals surface area contributed by atoms with Gasteiger partial charge in [0, 0.05) is 43.0 Å². The van der Waals surface area contributed by atoms with Crippen LogP contribution in [-0.2, 0) is 13.5 Å². The van der Waals surface area contributed by atoms with Gasteiger partial charge in [-0.2, -0.15) is 5.10 Å². The van der Waals surface area contributed by atoms with Crippen molar-refractivity contribution in [2.75, 3.05) is 6.54 Å². The first-order chi connectivity index (χ1) is 9.74. The molecule has 1 aliphatic rings. The lowest BCUT2D eigenvalue weighted by molar-refractivity contribution is 0.480. The fraction of sp³-hybridized carbons (Fsp3) is 0.438. The number of benzene rings is 1. The van der Waals surface area contributed by atoms with Gasteiger partial charge in [0.25, 0.3) is 0 Å². The van der Waals surface area contributed by atoms with Gasteiger partial charge in [-0.25, -0.2) is 0 Å². The fourth-order valence-electron chi connectivity index (χ4n) is 2.66. The highest BCUT2D eigenvalue weighted by atomic mass is 35.5. The van der Waals surface area contributed by atoms with Gasteiger partial charge in [0.2, 0.25) is 0 Å². The van der Waals surface area contributed by atoms with Gasteiger partial charge < -0.3 is 5.32 Å². The average Bonchev–Trinajstić information content (AvgIpc) is 3.20. The van der Waals surface area contributed by atoms with Crippen LogP contribution < -0.4 is 5.32 Å². The second-order valence-corrected chi connectivity index (χ2v) is 5.95. The summed E-state index contributed by atoms with van der Waals surface area (Å²) in [5.41, 5.74) is 2.62. The van der Waals surface area contributed by atoms with E-state index in [1.165, 1.54) is 24.1 Å². The number of nitrogens with one attached hydrogen (secondary N) is 1. The quantitative estimate of drug-likeness (QED) is 0.884. The molecule has 3 rings (SSSR count). The Labute approximate surface area is 124 Å². The van der Waals surface area contributed by atoms with E-state index < -0.39 is 0 Å². The Morgan fingerprint density at radius 2 is 2.05 bits per heavy atom. The SMILES string of the molecule is Cn1nccc1CCNC(c1ccc(Cl)cc1)C1CC1. The molecule has 1 N–H and O–H groups in total. The first-order valence-electron chi connectivity index (χ1n) is 7.20. The van der Waals surface area contributed by atoms with E-state index >= 15 is 0 Å². The average molecular weight is 290 g/mol. The van der Waals surface area contributed by atoms with Crippen molar-refractivity contribution in [1.29, 1.82) is 0 Å². The first-order valence-corrected chi connectivity index (χ1v) is 7.57. The molecular formula is C16H20ClN3. The monoisotopic (exact) mass is 289 g/mol. The number of rotatable bonds is 6. The maximum absolute atomic E-state index is 5.97. The molecule has 0 amide bonds. The minimum absolute atomic E-state index is 0.459. The zero-order valence-corrected chi connectivity index (χ0v) is 12.5. The van der Waals surface area contributed by atoms with Crippen LogP contribution in [0.4, 0.5) is 0 Å². The largest absolute Gasteiger partial charge is 0.309 e. The molecule has 0 aliphatic heterocycles. The van der Waals surface area contributed by atoms with E-state index in [0.29, 0.717) is 6.04 Å². The molecule has 2 aromatic rings. The Morgan fingerprint density at radius 1 is 1.30 bits per heavy atom. The van der Waals surface area contributed by atoms with Crippen molar-refractivity contribution in [1.82, 2.24) is 15.1 Å². The number of hydrogen-bond acceptors (Lipinski definition) is 2. The van der Waals surface area contributed by atoms with Crippen LogP contribution in [0.15, 0.2) is 36.5 Å². The second-order valence-electron chi connectivity index (χ2n) is 5.52. The molecule has 20 heavy (non-hydrogen) atoms. The Balaban J connectivity index is 1.60. The zero-order valence-electron chi connectivity index (χ0n) is 11.7. The van der Waals surface area contributed by atoms with E-state index in [4.69, 9.17) is 11.6 Å². The third-order valence-electron chi connectivity index (χ3n) is 3.99. The van der Waals surface area contributed by atoms with Crippen LogP contribution in [0, 0.1) is 5.92 Å². The molecule has 0 spiro atoms. The number of aromatic nitrogens is 2. The summed E-state index contributed by atoms with van der Waals surface area (Å²) in [6, 6.07) is 10.8. The van der Waals surface area contributed by atoms with E-state index in [1.54, 1.807) is 0 Å². The summed E-state index contributed by atoms with van der Waals surface area (Å²) in [6.45, 7) is 0.976. The molecule has 3 nitrogen and oxygen atoms in total. The van der Waals surface area contributed by atoms with Crippen molar-refractivity contribution in [3.8, 4) is 0 Å². The molecule has 1 aliphatic carbocycles. The van der Waals surface area contributed by atoms with Crippen LogP contribution in [-0.4, -0.2) is 16.3 Å². The van der Waals surface area contributed by atoms with E-state index in [9.17, 15) is 0 Å². The molecule has 0 saturated heterocycles. The molecule has 1 heterocycles. The van der Waals surface area contributed by atoms with Crippen LogP contribution in [0.5, 0.6) is 0 Å². The maximum Gasteiger partial charge on any atom is 0.0492 e.